The summed E-state index contributed by atoms with van der Waals surface area (Å²) in [6, 6.07) is 8.32. The molecule has 0 spiro atoms. The predicted molar refractivity (Wildman–Crippen MR) is 164 cm³/mol. The Bertz CT molecular complexity index is 1100. The summed E-state index contributed by atoms with van der Waals surface area (Å²) in [4.78, 5) is 38.1. The lowest BCUT2D eigenvalue weighted by molar-refractivity contribution is -0.384. The molecule has 0 bridgehead atoms. The molecule has 1 aliphatic heterocycles. The number of nitrogens with one attached hydrogen (secondary N) is 2. The Morgan fingerprint density at radius 2 is 1.80 bits per heavy atom. The van der Waals surface area contributed by atoms with Crippen LogP contribution in [0.15, 0.2) is 30.3 Å². The van der Waals surface area contributed by atoms with Gasteiger partial charge < -0.3 is 25.2 Å². The Morgan fingerprint density at radius 1 is 1.07 bits per heavy atom. The van der Waals surface area contributed by atoms with Crippen molar-refractivity contribution in [2.24, 2.45) is 5.92 Å². The molecule has 1 saturated heterocycles. The highest BCUT2D eigenvalue weighted by atomic mass is 16.6. The largest absolute Gasteiger partial charge is 0.382 e. The van der Waals surface area contributed by atoms with E-state index in [1.54, 1.807) is 12.1 Å². The number of nitro benzene ring substituents is 1. The van der Waals surface area contributed by atoms with E-state index in [0.717, 1.165) is 69.7 Å². The van der Waals surface area contributed by atoms with Crippen LogP contribution in [0, 0.1) is 16.0 Å². The lowest BCUT2D eigenvalue weighted by Crippen LogP contribution is -2.41. The molecule has 2 heterocycles. The monoisotopic (exact) mass is 569 g/mol. The molecule has 2 N–H and O–H groups in total. The van der Waals surface area contributed by atoms with E-state index in [2.05, 4.69) is 41.2 Å². The topological polar surface area (TPSA) is 126 Å². The molecule has 0 unspecified atom stereocenters. The average Bonchev–Trinajstić information content (AvgIpc) is 3.22. The van der Waals surface area contributed by atoms with E-state index in [-0.39, 0.29) is 16.5 Å². The van der Waals surface area contributed by atoms with Crippen LogP contribution in [0.2, 0.25) is 0 Å². The van der Waals surface area contributed by atoms with Gasteiger partial charge in [-0.3, -0.25) is 14.9 Å². The molecule has 1 amide bonds. The lowest BCUT2D eigenvalue weighted by atomic mass is 10.0. The molecule has 11 nitrogen and oxygen atoms in total. The van der Waals surface area contributed by atoms with Gasteiger partial charge in [-0.1, -0.05) is 27.2 Å². The fourth-order valence-electron chi connectivity index (χ4n) is 4.88. The van der Waals surface area contributed by atoms with E-state index in [0.29, 0.717) is 43.9 Å². The summed E-state index contributed by atoms with van der Waals surface area (Å²) >= 11 is 0. The summed E-state index contributed by atoms with van der Waals surface area (Å²) in [7, 11) is 0. The first-order valence-electron chi connectivity index (χ1n) is 15.0. The summed E-state index contributed by atoms with van der Waals surface area (Å²) in [5.74, 6) is 1.65. The Kier molecular flexibility index (Phi) is 13.1. The maximum absolute atomic E-state index is 13.1. The summed E-state index contributed by atoms with van der Waals surface area (Å²) in [5, 5.41) is 17.5. The number of unbranched alkanes of at least 4 members (excludes halogenated alkanes) is 1. The van der Waals surface area contributed by atoms with Crippen molar-refractivity contribution < 1.29 is 14.5 Å². The molecule has 0 radical (unpaired) electrons. The summed E-state index contributed by atoms with van der Waals surface area (Å²) in [6.45, 7) is 13.4. The smallest absolute Gasteiger partial charge is 0.269 e. The second-order valence-electron chi connectivity index (χ2n) is 10.9. The quantitative estimate of drug-likeness (QED) is 0.166. The highest BCUT2D eigenvalue weighted by molar-refractivity contribution is 5.84. The number of carbonyl (C=O) groups is 1. The van der Waals surface area contributed by atoms with Gasteiger partial charge in [0.2, 0.25) is 11.9 Å². The SMILES string of the molecule is CCCCc1cc(N[C@@H](CC(C)C)C(=O)NCCCOCC)nc(N2CCCN(c3ccc([N+](=O)[O-])cc3)CC2)n1. The highest BCUT2D eigenvalue weighted by Crippen LogP contribution is 2.23. The number of nitro groups is 1. The number of nitrogens with zero attached hydrogens (tertiary/aromatic N) is 5. The molecular weight excluding hydrogens is 522 g/mol. The third-order valence-electron chi connectivity index (χ3n) is 7.07. The van der Waals surface area contributed by atoms with E-state index < -0.39 is 6.04 Å². The number of aryl methyl sites for hydroxylation is 1. The first-order chi connectivity index (χ1) is 19.8. The maximum atomic E-state index is 13.1. The van der Waals surface area contributed by atoms with Crippen molar-refractivity contribution in [2.45, 2.75) is 72.3 Å². The third-order valence-corrected chi connectivity index (χ3v) is 7.07. The van der Waals surface area contributed by atoms with E-state index in [1.807, 2.05) is 25.1 Å². The zero-order chi connectivity index (χ0) is 29.6. The molecule has 0 saturated carbocycles. The molecule has 0 aliphatic carbocycles. The molecule has 11 heteroatoms. The van der Waals surface area contributed by atoms with Crippen molar-refractivity contribution in [3.63, 3.8) is 0 Å². The van der Waals surface area contributed by atoms with Crippen LogP contribution in [0.5, 0.6) is 0 Å². The van der Waals surface area contributed by atoms with Crippen molar-refractivity contribution in [3.05, 3.63) is 46.1 Å². The van der Waals surface area contributed by atoms with Gasteiger partial charge in [0.1, 0.15) is 11.9 Å². The van der Waals surface area contributed by atoms with Crippen LogP contribution in [-0.4, -0.2) is 72.8 Å². The van der Waals surface area contributed by atoms with Gasteiger partial charge in [-0.2, -0.15) is 4.98 Å². The molecular formula is C30H47N7O4. The van der Waals surface area contributed by atoms with E-state index in [4.69, 9.17) is 14.7 Å². The molecule has 41 heavy (non-hydrogen) atoms. The molecule has 1 aromatic carbocycles. The van der Waals surface area contributed by atoms with Gasteiger partial charge >= 0.3 is 0 Å². The third kappa shape index (κ3) is 10.5. The predicted octanol–water partition coefficient (Wildman–Crippen LogP) is 4.81. The van der Waals surface area contributed by atoms with Gasteiger partial charge in [0, 0.05) is 75.5 Å². The number of aromatic nitrogens is 2. The minimum Gasteiger partial charge on any atom is -0.382 e. The van der Waals surface area contributed by atoms with Gasteiger partial charge in [0.15, 0.2) is 0 Å². The Hall–Kier alpha value is -3.47. The number of non-ortho nitro benzene ring substituents is 1. The van der Waals surface area contributed by atoms with Gasteiger partial charge in [-0.25, -0.2) is 4.98 Å². The van der Waals surface area contributed by atoms with Crippen LogP contribution in [-0.2, 0) is 16.0 Å². The number of hydrogen-bond donors (Lipinski definition) is 2. The first-order valence-corrected chi connectivity index (χ1v) is 15.0. The molecule has 3 rings (SSSR count). The molecule has 2 aromatic rings. The standard InChI is InChI=1S/C30H47N7O4/c1-5-7-10-24-22-28(33-27(21-23(3)4)29(38)31-15-8-20-41-6-2)34-30(32-24)36-17-9-16-35(18-19-36)25-11-13-26(14-12-25)37(39)40/h11-14,22-23,27H,5-10,15-21H2,1-4H3,(H,31,38)(H,32,33,34)/t27-/m0/s1. The van der Waals surface area contributed by atoms with Crippen molar-refractivity contribution in [2.75, 3.05) is 61.1 Å². The zero-order valence-corrected chi connectivity index (χ0v) is 25.1. The number of carbonyl (C=O) groups excluding carboxylic acids is 1. The first kappa shape index (κ1) is 32.0. The minimum absolute atomic E-state index is 0.0287. The van der Waals surface area contributed by atoms with Crippen LogP contribution < -0.4 is 20.4 Å². The van der Waals surface area contributed by atoms with Gasteiger partial charge in [-0.15, -0.1) is 0 Å². The number of benzene rings is 1. The summed E-state index contributed by atoms with van der Waals surface area (Å²) in [6.07, 6.45) is 5.31. The Morgan fingerprint density at radius 3 is 2.49 bits per heavy atom. The number of hydrogen-bond acceptors (Lipinski definition) is 9. The molecule has 1 fully saturated rings. The molecule has 1 atom stereocenters. The minimum atomic E-state index is -0.398. The van der Waals surface area contributed by atoms with Crippen molar-refractivity contribution in [1.82, 2.24) is 15.3 Å². The fourth-order valence-corrected chi connectivity index (χ4v) is 4.88. The maximum Gasteiger partial charge on any atom is 0.269 e. The highest BCUT2D eigenvalue weighted by Gasteiger charge is 2.23. The van der Waals surface area contributed by atoms with E-state index in [9.17, 15) is 14.9 Å². The van der Waals surface area contributed by atoms with Crippen molar-refractivity contribution >= 4 is 29.0 Å². The summed E-state index contributed by atoms with van der Waals surface area (Å²) < 4.78 is 5.39. The lowest BCUT2D eigenvalue weighted by Gasteiger charge is -2.25. The van der Waals surface area contributed by atoms with Gasteiger partial charge in [-0.05, 0) is 57.1 Å². The van der Waals surface area contributed by atoms with Crippen molar-refractivity contribution in [3.8, 4) is 0 Å². The summed E-state index contributed by atoms with van der Waals surface area (Å²) in [5.41, 5.74) is 2.04. The normalized spacial score (nSPS) is 14.6. The number of rotatable bonds is 16. The fraction of sp³-hybridized carbons (Fsp3) is 0.633. The second kappa shape index (κ2) is 16.7. The van der Waals surface area contributed by atoms with Crippen LogP contribution in [0.4, 0.5) is 23.1 Å². The zero-order valence-electron chi connectivity index (χ0n) is 25.1. The van der Waals surface area contributed by atoms with Gasteiger partial charge in [0.25, 0.3) is 5.69 Å². The average molecular weight is 570 g/mol. The second-order valence-corrected chi connectivity index (χ2v) is 10.9. The molecule has 1 aliphatic rings. The number of ether oxygens (including phenoxy) is 1. The number of amides is 1. The van der Waals surface area contributed by atoms with Gasteiger partial charge in [0.05, 0.1) is 4.92 Å². The van der Waals surface area contributed by atoms with E-state index >= 15 is 0 Å². The molecule has 226 valence electrons. The van der Waals surface area contributed by atoms with Crippen LogP contribution in [0.25, 0.3) is 0 Å². The molecule has 1 aromatic heterocycles. The number of anilines is 3. The van der Waals surface area contributed by atoms with Crippen LogP contribution in [0.1, 0.15) is 65.5 Å². The van der Waals surface area contributed by atoms with Crippen molar-refractivity contribution in [1.29, 1.82) is 0 Å². The van der Waals surface area contributed by atoms with E-state index in [1.165, 1.54) is 0 Å². The van der Waals surface area contributed by atoms with Crippen LogP contribution in [0.3, 0.4) is 0 Å². The van der Waals surface area contributed by atoms with Crippen LogP contribution >= 0.6 is 0 Å². The Balaban J connectivity index is 1.74. The Labute approximate surface area is 244 Å².